The van der Waals surface area contributed by atoms with E-state index >= 15 is 0 Å². The first-order chi connectivity index (χ1) is 17.8. The molecule has 0 radical (unpaired) electrons. The lowest BCUT2D eigenvalue weighted by Crippen LogP contribution is -2.47. The van der Waals surface area contributed by atoms with Crippen LogP contribution in [-0.2, 0) is 16.5 Å². The van der Waals surface area contributed by atoms with E-state index in [1.165, 1.54) is 0 Å². The zero-order valence-electron chi connectivity index (χ0n) is 23.4. The van der Waals surface area contributed by atoms with E-state index in [0.717, 1.165) is 58.4 Å². The van der Waals surface area contributed by atoms with Crippen LogP contribution < -0.4 is 0 Å². The number of ether oxygens (including phenoxy) is 2. The Morgan fingerprint density at radius 1 is 1.03 bits per heavy atom. The fourth-order valence-electron chi connectivity index (χ4n) is 4.82. The molecule has 204 valence electrons. The molecule has 0 unspecified atom stereocenters. The number of hydrogen-bond donors (Lipinski definition) is 0. The summed E-state index contributed by atoms with van der Waals surface area (Å²) in [6.45, 7) is 11.0. The number of imide groups is 1. The van der Waals surface area contributed by atoms with Crippen molar-refractivity contribution in [2.75, 3.05) is 6.54 Å². The van der Waals surface area contributed by atoms with Crippen LogP contribution in [0.3, 0.4) is 0 Å². The van der Waals surface area contributed by atoms with Gasteiger partial charge in [0.15, 0.2) is 0 Å². The summed E-state index contributed by atoms with van der Waals surface area (Å²) < 4.78 is 14.9. The third kappa shape index (κ3) is 5.68. The summed E-state index contributed by atoms with van der Waals surface area (Å²) in [5, 5.41) is 10.3. The van der Waals surface area contributed by atoms with Crippen LogP contribution >= 0.6 is 0 Å². The van der Waals surface area contributed by atoms with Crippen molar-refractivity contribution in [3.63, 3.8) is 0 Å². The van der Waals surface area contributed by atoms with Gasteiger partial charge in [-0.15, -0.1) is 0 Å². The zero-order chi connectivity index (χ0) is 27.4. The molecule has 0 N–H and O–H groups in total. The van der Waals surface area contributed by atoms with Crippen molar-refractivity contribution in [2.45, 2.75) is 90.4 Å². The first-order valence-electron chi connectivity index (χ1n) is 13.4. The summed E-state index contributed by atoms with van der Waals surface area (Å²) in [6, 6.07) is 2.28. The van der Waals surface area contributed by atoms with E-state index in [1.807, 2.05) is 24.1 Å². The summed E-state index contributed by atoms with van der Waals surface area (Å²) in [5.41, 5.74) is 2.70. The standard InChI is InChI=1S/C28H38N6O4/c1-27(2,3)37-25(35)33(26(36)38-28(4,5)6)15-17-10-20(11-17)34-16-21(24(31-34)18-8-9-18)22-12-23-19(13-29-22)14-30-32(23)7/h12-14,16-18,20H,8-11,15H2,1-7H3/t17-,20-. The second-order valence-corrected chi connectivity index (χ2v) is 12.6. The van der Waals surface area contributed by atoms with Gasteiger partial charge in [-0.25, -0.2) is 14.5 Å². The van der Waals surface area contributed by atoms with Crippen molar-refractivity contribution >= 4 is 23.1 Å². The monoisotopic (exact) mass is 522 g/mol. The van der Waals surface area contributed by atoms with E-state index in [2.05, 4.69) is 22.0 Å². The highest BCUT2D eigenvalue weighted by atomic mass is 16.6. The minimum Gasteiger partial charge on any atom is -0.443 e. The van der Waals surface area contributed by atoms with Crippen LogP contribution in [0.2, 0.25) is 0 Å². The lowest BCUT2D eigenvalue weighted by atomic mass is 9.80. The average Bonchev–Trinajstić information content (AvgIpc) is 3.42. The molecule has 38 heavy (non-hydrogen) atoms. The Morgan fingerprint density at radius 3 is 2.24 bits per heavy atom. The molecular formula is C28H38N6O4. The van der Waals surface area contributed by atoms with Crippen molar-refractivity contribution in [1.82, 2.24) is 29.4 Å². The van der Waals surface area contributed by atoms with Gasteiger partial charge in [-0.2, -0.15) is 10.2 Å². The average molecular weight is 523 g/mol. The first-order valence-corrected chi connectivity index (χ1v) is 13.4. The molecule has 2 fully saturated rings. The number of aryl methyl sites for hydroxylation is 1. The number of fused-ring (bicyclic) bond motifs is 1. The third-order valence-electron chi connectivity index (χ3n) is 6.88. The van der Waals surface area contributed by atoms with Crippen LogP contribution in [0, 0.1) is 5.92 Å². The largest absolute Gasteiger partial charge is 0.443 e. The van der Waals surface area contributed by atoms with Gasteiger partial charge in [-0.05, 0) is 79.2 Å². The summed E-state index contributed by atoms with van der Waals surface area (Å²) >= 11 is 0. The number of aromatic nitrogens is 5. The Balaban J connectivity index is 1.31. The Labute approximate surface area is 223 Å². The number of pyridine rings is 1. The highest BCUT2D eigenvalue weighted by Gasteiger charge is 2.39. The molecular weight excluding hydrogens is 484 g/mol. The molecule has 5 rings (SSSR count). The molecule has 0 spiro atoms. The van der Waals surface area contributed by atoms with Gasteiger partial charge in [-0.3, -0.25) is 14.3 Å². The summed E-state index contributed by atoms with van der Waals surface area (Å²) in [6.07, 6.45) is 8.35. The molecule has 10 nitrogen and oxygen atoms in total. The number of amides is 2. The molecule has 0 bridgehead atoms. The molecule has 2 saturated carbocycles. The van der Waals surface area contributed by atoms with E-state index < -0.39 is 23.4 Å². The number of carbonyl (C=O) groups is 2. The maximum atomic E-state index is 12.9. The van der Waals surface area contributed by atoms with Crippen LogP contribution in [-0.4, -0.2) is 59.4 Å². The first kappa shape index (κ1) is 26.2. The zero-order valence-corrected chi connectivity index (χ0v) is 23.4. The molecule has 3 heterocycles. The SMILES string of the molecule is Cn1ncc2cnc(-c3cn([C@H]4C[C@H](CN(C(=O)OC(C)(C)C)C(=O)OC(C)(C)C)C4)nc3C3CC3)cc21. The Morgan fingerprint density at radius 2 is 1.66 bits per heavy atom. The molecule has 3 aromatic rings. The number of carbonyl (C=O) groups excluding carboxylic acids is 2. The van der Waals surface area contributed by atoms with Gasteiger partial charge in [0, 0.05) is 42.9 Å². The third-order valence-corrected chi connectivity index (χ3v) is 6.88. The van der Waals surface area contributed by atoms with E-state index in [0.29, 0.717) is 5.92 Å². The molecule has 0 aliphatic heterocycles. The van der Waals surface area contributed by atoms with Gasteiger partial charge >= 0.3 is 12.2 Å². The highest BCUT2D eigenvalue weighted by molar-refractivity contribution is 5.88. The molecule has 2 aliphatic rings. The number of nitrogens with zero attached hydrogens (tertiary/aromatic N) is 6. The molecule has 2 aliphatic carbocycles. The van der Waals surface area contributed by atoms with Crippen molar-refractivity contribution in [3.05, 3.63) is 30.4 Å². The van der Waals surface area contributed by atoms with Crippen molar-refractivity contribution < 1.29 is 19.1 Å². The fraction of sp³-hybridized carbons (Fsp3) is 0.607. The van der Waals surface area contributed by atoms with Crippen LogP contribution in [0.4, 0.5) is 9.59 Å². The lowest BCUT2D eigenvalue weighted by molar-refractivity contribution is -0.00641. The van der Waals surface area contributed by atoms with Crippen molar-refractivity contribution in [3.8, 4) is 11.3 Å². The Kier molecular flexibility index (Phi) is 6.47. The summed E-state index contributed by atoms with van der Waals surface area (Å²) in [4.78, 5) is 31.6. The van der Waals surface area contributed by atoms with Crippen LogP contribution in [0.1, 0.15) is 84.9 Å². The molecule has 0 saturated heterocycles. The van der Waals surface area contributed by atoms with Gasteiger partial charge in [0.1, 0.15) is 11.2 Å². The second-order valence-electron chi connectivity index (χ2n) is 12.6. The predicted octanol–water partition coefficient (Wildman–Crippen LogP) is 5.83. The van der Waals surface area contributed by atoms with Crippen LogP contribution in [0.15, 0.2) is 24.7 Å². The van der Waals surface area contributed by atoms with Gasteiger partial charge in [0.2, 0.25) is 0 Å². The quantitative estimate of drug-likeness (QED) is 0.415. The molecule has 3 aromatic heterocycles. The molecule has 10 heteroatoms. The topological polar surface area (TPSA) is 104 Å². The van der Waals surface area contributed by atoms with E-state index in [9.17, 15) is 9.59 Å². The molecule has 0 aromatic carbocycles. The maximum Gasteiger partial charge on any atom is 0.419 e. The van der Waals surface area contributed by atoms with Crippen LogP contribution in [0.5, 0.6) is 0 Å². The second kappa shape index (κ2) is 9.39. The van der Waals surface area contributed by atoms with Crippen molar-refractivity contribution in [2.24, 2.45) is 13.0 Å². The Hall–Kier alpha value is -3.43. The van der Waals surface area contributed by atoms with Gasteiger partial charge in [0.05, 0.1) is 29.1 Å². The van der Waals surface area contributed by atoms with E-state index in [4.69, 9.17) is 19.6 Å². The van der Waals surface area contributed by atoms with Gasteiger partial charge in [-0.1, -0.05) is 0 Å². The maximum absolute atomic E-state index is 12.9. The van der Waals surface area contributed by atoms with Gasteiger partial charge in [0.25, 0.3) is 0 Å². The van der Waals surface area contributed by atoms with E-state index in [1.54, 1.807) is 41.5 Å². The number of hydrogen-bond acceptors (Lipinski definition) is 7. The summed E-state index contributed by atoms with van der Waals surface area (Å²) in [7, 11) is 1.93. The van der Waals surface area contributed by atoms with E-state index in [-0.39, 0.29) is 18.5 Å². The minimum absolute atomic E-state index is 0.140. The normalized spacial score (nSPS) is 19.8. The number of rotatable bonds is 5. The van der Waals surface area contributed by atoms with Crippen LogP contribution in [0.25, 0.3) is 22.2 Å². The molecule has 0 atom stereocenters. The fourth-order valence-corrected chi connectivity index (χ4v) is 4.82. The van der Waals surface area contributed by atoms with Crippen molar-refractivity contribution in [1.29, 1.82) is 0 Å². The smallest absolute Gasteiger partial charge is 0.419 e. The minimum atomic E-state index is -0.712. The predicted molar refractivity (Wildman–Crippen MR) is 143 cm³/mol. The highest BCUT2D eigenvalue weighted by Crippen LogP contribution is 2.46. The Bertz CT molecular complexity index is 1320. The summed E-state index contributed by atoms with van der Waals surface area (Å²) in [5.74, 6) is 0.613. The lowest BCUT2D eigenvalue weighted by Gasteiger charge is -2.38. The molecule has 2 amide bonds. The van der Waals surface area contributed by atoms with Gasteiger partial charge < -0.3 is 9.47 Å².